The van der Waals surface area contributed by atoms with Gasteiger partial charge in [-0.05, 0) is 19.2 Å². The summed E-state index contributed by atoms with van der Waals surface area (Å²) in [5.74, 6) is 0.127. The Kier molecular flexibility index (Phi) is 5.05. The van der Waals surface area contributed by atoms with Gasteiger partial charge in [-0.25, -0.2) is 4.39 Å². The minimum absolute atomic E-state index is 0.363. The SMILES string of the molecule is CCN(CC)CCOc1cc(N)cc(F)c1. The molecule has 3 nitrogen and oxygen atoms in total. The number of hydrogen-bond acceptors (Lipinski definition) is 3. The van der Waals surface area contributed by atoms with Crippen molar-refractivity contribution in [3.05, 3.63) is 24.0 Å². The first-order valence-electron chi connectivity index (χ1n) is 5.57. The number of benzene rings is 1. The Morgan fingerprint density at radius 1 is 1.25 bits per heavy atom. The number of rotatable bonds is 6. The van der Waals surface area contributed by atoms with Gasteiger partial charge >= 0.3 is 0 Å². The van der Waals surface area contributed by atoms with Crippen LogP contribution in [0.1, 0.15) is 13.8 Å². The molecule has 0 aliphatic rings. The van der Waals surface area contributed by atoms with Crippen LogP contribution in [-0.2, 0) is 0 Å². The van der Waals surface area contributed by atoms with E-state index in [0.29, 0.717) is 18.0 Å². The normalized spacial score (nSPS) is 10.8. The van der Waals surface area contributed by atoms with Crippen molar-refractivity contribution in [1.82, 2.24) is 4.90 Å². The number of hydrogen-bond donors (Lipinski definition) is 1. The number of ether oxygens (including phenoxy) is 1. The molecule has 0 bridgehead atoms. The molecular formula is C12H19FN2O. The van der Waals surface area contributed by atoms with Crippen LogP contribution >= 0.6 is 0 Å². The van der Waals surface area contributed by atoms with E-state index in [4.69, 9.17) is 10.5 Å². The molecule has 2 N–H and O–H groups in total. The molecule has 0 fully saturated rings. The fourth-order valence-electron chi connectivity index (χ4n) is 1.50. The molecule has 16 heavy (non-hydrogen) atoms. The minimum Gasteiger partial charge on any atom is -0.492 e. The largest absolute Gasteiger partial charge is 0.492 e. The molecule has 0 spiro atoms. The maximum absolute atomic E-state index is 13.0. The smallest absolute Gasteiger partial charge is 0.128 e. The molecule has 4 heteroatoms. The predicted molar refractivity (Wildman–Crippen MR) is 64.1 cm³/mol. The number of nitrogens with two attached hydrogens (primary N) is 1. The van der Waals surface area contributed by atoms with E-state index in [2.05, 4.69) is 18.7 Å². The van der Waals surface area contributed by atoms with Gasteiger partial charge < -0.3 is 15.4 Å². The highest BCUT2D eigenvalue weighted by Gasteiger charge is 2.01. The highest BCUT2D eigenvalue weighted by atomic mass is 19.1. The van der Waals surface area contributed by atoms with Crippen LogP contribution in [0.15, 0.2) is 18.2 Å². The summed E-state index contributed by atoms with van der Waals surface area (Å²) in [6.45, 7) is 7.57. The second-order valence-electron chi connectivity index (χ2n) is 3.60. The first kappa shape index (κ1) is 12.8. The number of likely N-dealkylation sites (N-methyl/N-ethyl adjacent to an activating group) is 1. The van der Waals surface area contributed by atoms with Gasteiger partial charge in [-0.15, -0.1) is 0 Å². The molecule has 0 atom stereocenters. The lowest BCUT2D eigenvalue weighted by atomic mass is 10.3. The fraction of sp³-hybridized carbons (Fsp3) is 0.500. The molecule has 0 amide bonds. The Labute approximate surface area is 96.0 Å². The number of nitrogens with zero attached hydrogens (tertiary/aromatic N) is 1. The minimum atomic E-state index is -0.363. The van der Waals surface area contributed by atoms with Crippen molar-refractivity contribution < 1.29 is 9.13 Å². The zero-order valence-corrected chi connectivity index (χ0v) is 9.87. The van der Waals surface area contributed by atoms with Crippen molar-refractivity contribution in [1.29, 1.82) is 0 Å². The Balaban J connectivity index is 2.42. The Bertz CT molecular complexity index is 307. The van der Waals surface area contributed by atoms with E-state index in [9.17, 15) is 4.39 Å². The monoisotopic (exact) mass is 226 g/mol. The molecule has 0 aliphatic heterocycles. The summed E-state index contributed by atoms with van der Waals surface area (Å²) >= 11 is 0. The van der Waals surface area contributed by atoms with E-state index < -0.39 is 0 Å². The van der Waals surface area contributed by atoms with Gasteiger partial charge in [0.1, 0.15) is 18.2 Å². The van der Waals surface area contributed by atoms with Crippen molar-refractivity contribution in [2.24, 2.45) is 0 Å². The van der Waals surface area contributed by atoms with Gasteiger partial charge in [0.2, 0.25) is 0 Å². The molecular weight excluding hydrogens is 207 g/mol. The van der Waals surface area contributed by atoms with Crippen LogP contribution in [0.2, 0.25) is 0 Å². The third-order valence-electron chi connectivity index (χ3n) is 2.46. The van der Waals surface area contributed by atoms with Crippen molar-refractivity contribution >= 4 is 5.69 Å². The van der Waals surface area contributed by atoms with Gasteiger partial charge in [0.15, 0.2) is 0 Å². The van der Waals surface area contributed by atoms with E-state index >= 15 is 0 Å². The summed E-state index contributed by atoms with van der Waals surface area (Å²) < 4.78 is 18.4. The molecule has 0 aliphatic carbocycles. The summed E-state index contributed by atoms with van der Waals surface area (Å²) in [6, 6.07) is 4.25. The predicted octanol–water partition coefficient (Wildman–Crippen LogP) is 2.13. The van der Waals surface area contributed by atoms with Crippen LogP contribution in [0.25, 0.3) is 0 Å². The van der Waals surface area contributed by atoms with Gasteiger partial charge in [-0.3, -0.25) is 0 Å². The quantitative estimate of drug-likeness (QED) is 0.755. The van der Waals surface area contributed by atoms with E-state index in [1.807, 2.05) is 0 Å². The molecule has 1 aromatic rings. The Hall–Kier alpha value is -1.29. The van der Waals surface area contributed by atoms with E-state index in [0.717, 1.165) is 19.6 Å². The van der Waals surface area contributed by atoms with Gasteiger partial charge in [0.05, 0.1) is 0 Å². The topological polar surface area (TPSA) is 38.5 Å². The summed E-state index contributed by atoms with van der Waals surface area (Å²) in [5, 5.41) is 0. The van der Waals surface area contributed by atoms with Gasteiger partial charge in [0.25, 0.3) is 0 Å². The number of anilines is 1. The average Bonchev–Trinajstić information content (AvgIpc) is 2.23. The standard InChI is InChI=1S/C12H19FN2O/c1-3-15(4-2)5-6-16-12-8-10(13)7-11(14)9-12/h7-9H,3-6,14H2,1-2H3. The lowest BCUT2D eigenvalue weighted by Gasteiger charge is -2.18. The average molecular weight is 226 g/mol. The van der Waals surface area contributed by atoms with Crippen LogP contribution < -0.4 is 10.5 Å². The third kappa shape index (κ3) is 4.06. The fourth-order valence-corrected chi connectivity index (χ4v) is 1.50. The molecule has 90 valence electrons. The zero-order valence-electron chi connectivity index (χ0n) is 9.87. The van der Waals surface area contributed by atoms with Crippen molar-refractivity contribution in [2.75, 3.05) is 32.0 Å². The molecule has 0 aromatic heterocycles. The second kappa shape index (κ2) is 6.33. The number of nitrogen functional groups attached to an aromatic ring is 1. The van der Waals surface area contributed by atoms with Crippen LogP contribution in [0.3, 0.4) is 0 Å². The lowest BCUT2D eigenvalue weighted by Crippen LogP contribution is -2.27. The van der Waals surface area contributed by atoms with Gasteiger partial charge in [-0.2, -0.15) is 0 Å². The highest BCUT2D eigenvalue weighted by molar-refractivity contribution is 5.44. The van der Waals surface area contributed by atoms with Crippen LogP contribution in [0.4, 0.5) is 10.1 Å². The Morgan fingerprint density at radius 3 is 2.50 bits per heavy atom. The molecule has 0 saturated carbocycles. The number of halogens is 1. The lowest BCUT2D eigenvalue weighted by molar-refractivity contribution is 0.222. The summed E-state index contributed by atoms with van der Waals surface area (Å²) in [4.78, 5) is 2.24. The maximum Gasteiger partial charge on any atom is 0.128 e. The van der Waals surface area contributed by atoms with E-state index in [1.54, 1.807) is 6.07 Å². The van der Waals surface area contributed by atoms with Gasteiger partial charge in [0, 0.05) is 24.4 Å². The molecule has 0 heterocycles. The molecule has 1 aromatic carbocycles. The van der Waals surface area contributed by atoms with Crippen molar-refractivity contribution in [2.45, 2.75) is 13.8 Å². The van der Waals surface area contributed by atoms with E-state index in [-0.39, 0.29) is 5.82 Å². The molecule has 0 saturated heterocycles. The van der Waals surface area contributed by atoms with Crippen LogP contribution in [0, 0.1) is 5.82 Å². The first-order chi connectivity index (χ1) is 7.65. The highest BCUT2D eigenvalue weighted by Crippen LogP contribution is 2.17. The van der Waals surface area contributed by atoms with Crippen molar-refractivity contribution in [3.63, 3.8) is 0 Å². The van der Waals surface area contributed by atoms with Crippen LogP contribution in [0.5, 0.6) is 5.75 Å². The third-order valence-corrected chi connectivity index (χ3v) is 2.46. The summed E-state index contributed by atoms with van der Waals surface area (Å²) in [6.07, 6.45) is 0. The molecule has 0 unspecified atom stereocenters. The Morgan fingerprint density at radius 2 is 1.94 bits per heavy atom. The van der Waals surface area contributed by atoms with Gasteiger partial charge in [-0.1, -0.05) is 13.8 Å². The van der Waals surface area contributed by atoms with E-state index in [1.165, 1.54) is 12.1 Å². The zero-order chi connectivity index (χ0) is 12.0. The summed E-state index contributed by atoms with van der Waals surface area (Å²) in [5.41, 5.74) is 5.90. The first-order valence-corrected chi connectivity index (χ1v) is 5.57. The molecule has 1 rings (SSSR count). The maximum atomic E-state index is 13.0. The summed E-state index contributed by atoms with van der Waals surface area (Å²) in [7, 11) is 0. The second-order valence-corrected chi connectivity index (χ2v) is 3.60. The van der Waals surface area contributed by atoms with Crippen molar-refractivity contribution in [3.8, 4) is 5.75 Å². The van der Waals surface area contributed by atoms with Crippen LogP contribution in [-0.4, -0.2) is 31.1 Å². The molecule has 0 radical (unpaired) electrons.